The van der Waals surface area contributed by atoms with Crippen LogP contribution in [0.25, 0.3) is 11.0 Å². The lowest BCUT2D eigenvalue weighted by atomic mass is 10.1. The first-order valence-corrected chi connectivity index (χ1v) is 11.1. The van der Waals surface area contributed by atoms with Crippen molar-refractivity contribution in [1.29, 1.82) is 0 Å². The molecule has 3 heterocycles. The number of rotatable bonds is 5. The van der Waals surface area contributed by atoms with Crippen LogP contribution in [0.3, 0.4) is 0 Å². The van der Waals surface area contributed by atoms with Crippen LogP contribution in [0.5, 0.6) is 0 Å². The molecular weight excluding hydrogens is 396 g/mol. The normalized spacial score (nSPS) is 16.6. The second-order valence-electron chi connectivity index (χ2n) is 7.09. The van der Waals surface area contributed by atoms with Crippen molar-refractivity contribution in [3.63, 3.8) is 0 Å². The van der Waals surface area contributed by atoms with E-state index in [1.165, 1.54) is 17.0 Å². The summed E-state index contributed by atoms with van der Waals surface area (Å²) >= 11 is 5.96. The molecule has 1 fully saturated rings. The quantitative estimate of drug-likeness (QED) is 0.639. The summed E-state index contributed by atoms with van der Waals surface area (Å²) in [5.41, 5.74) is 2.27. The summed E-state index contributed by atoms with van der Waals surface area (Å²) in [5.74, 6) is 0. The fourth-order valence-electron chi connectivity index (χ4n) is 3.74. The average molecular weight is 419 g/mol. The average Bonchev–Trinajstić information content (AvgIpc) is 3.03. The number of piperazine rings is 1. The van der Waals surface area contributed by atoms with Gasteiger partial charge >= 0.3 is 0 Å². The van der Waals surface area contributed by atoms with E-state index >= 15 is 0 Å². The third kappa shape index (κ3) is 3.80. The number of sulfonamides is 1. The Balaban J connectivity index is 1.38. The van der Waals surface area contributed by atoms with Crippen LogP contribution >= 0.6 is 11.6 Å². The Bertz CT molecular complexity index is 1090. The minimum absolute atomic E-state index is 0.261. The van der Waals surface area contributed by atoms with Gasteiger partial charge < -0.3 is 9.47 Å². The van der Waals surface area contributed by atoms with E-state index in [0.717, 1.165) is 31.7 Å². The van der Waals surface area contributed by atoms with Gasteiger partial charge in [0.1, 0.15) is 5.65 Å². The molecule has 148 valence electrons. The van der Waals surface area contributed by atoms with Crippen LogP contribution in [0.15, 0.2) is 53.7 Å². The summed E-state index contributed by atoms with van der Waals surface area (Å²) in [4.78, 5) is 7.01. The van der Waals surface area contributed by atoms with E-state index in [4.69, 9.17) is 11.6 Å². The minimum Gasteiger partial charge on any atom is -0.335 e. The maximum Gasteiger partial charge on any atom is 0.243 e. The van der Waals surface area contributed by atoms with Crippen molar-refractivity contribution in [2.24, 2.45) is 7.05 Å². The Kier molecular flexibility index (Phi) is 5.42. The highest BCUT2D eigenvalue weighted by Gasteiger charge is 2.28. The first-order valence-electron chi connectivity index (χ1n) is 9.32. The van der Waals surface area contributed by atoms with E-state index in [1.807, 2.05) is 19.3 Å². The number of aromatic nitrogens is 2. The summed E-state index contributed by atoms with van der Waals surface area (Å²) < 4.78 is 29.2. The monoisotopic (exact) mass is 418 g/mol. The van der Waals surface area contributed by atoms with Crippen LogP contribution in [0.2, 0.25) is 5.02 Å². The molecule has 8 heteroatoms. The van der Waals surface area contributed by atoms with Gasteiger partial charge in [-0.3, -0.25) is 0 Å². The third-order valence-electron chi connectivity index (χ3n) is 5.28. The molecule has 1 aromatic carbocycles. The lowest BCUT2D eigenvalue weighted by molar-refractivity contribution is 0.190. The van der Waals surface area contributed by atoms with Gasteiger partial charge in [-0.1, -0.05) is 17.7 Å². The predicted octanol–water partition coefficient (Wildman–Crippen LogP) is 2.78. The minimum atomic E-state index is -3.49. The first-order chi connectivity index (χ1) is 13.4. The standard InChI is InChI=1S/C20H23ClN4O2S/c1-23-15-16(19-6-3-8-22-20(19)23)7-9-24-10-12-25(13-11-24)28(26,27)18-5-2-4-17(21)14-18/h2-6,8,14-15H,7,9-13H2,1H3. The number of benzene rings is 1. The highest BCUT2D eigenvalue weighted by molar-refractivity contribution is 7.89. The third-order valence-corrected chi connectivity index (χ3v) is 7.41. The molecule has 0 unspecified atom stereocenters. The Labute approximate surface area is 170 Å². The molecule has 0 spiro atoms. The van der Waals surface area contributed by atoms with Gasteiger partial charge in [-0.25, -0.2) is 13.4 Å². The molecule has 0 N–H and O–H groups in total. The molecule has 0 saturated carbocycles. The number of hydrogen-bond donors (Lipinski definition) is 0. The molecule has 4 rings (SSSR count). The molecule has 0 amide bonds. The topological polar surface area (TPSA) is 58.4 Å². The highest BCUT2D eigenvalue weighted by Crippen LogP contribution is 2.22. The number of fused-ring (bicyclic) bond motifs is 1. The molecule has 3 aromatic rings. The van der Waals surface area contributed by atoms with Crippen LogP contribution in [-0.2, 0) is 23.5 Å². The second-order valence-corrected chi connectivity index (χ2v) is 9.47. The largest absolute Gasteiger partial charge is 0.335 e. The summed E-state index contributed by atoms with van der Waals surface area (Å²) in [5, 5.41) is 1.62. The molecule has 1 aliphatic heterocycles. The SMILES string of the molecule is Cn1cc(CCN2CCN(S(=O)(=O)c3cccc(Cl)c3)CC2)c2cccnc21. The van der Waals surface area contributed by atoms with Gasteiger partial charge in [-0.15, -0.1) is 0 Å². The van der Waals surface area contributed by atoms with E-state index in [1.54, 1.807) is 22.5 Å². The number of hydrogen-bond acceptors (Lipinski definition) is 4. The van der Waals surface area contributed by atoms with E-state index in [-0.39, 0.29) is 4.90 Å². The van der Waals surface area contributed by atoms with E-state index in [9.17, 15) is 8.42 Å². The summed E-state index contributed by atoms with van der Waals surface area (Å²) in [6, 6.07) is 10.5. The zero-order valence-electron chi connectivity index (χ0n) is 15.8. The van der Waals surface area contributed by atoms with E-state index < -0.39 is 10.0 Å². The predicted molar refractivity (Wildman–Crippen MR) is 111 cm³/mol. The van der Waals surface area contributed by atoms with Crippen molar-refractivity contribution in [3.8, 4) is 0 Å². The van der Waals surface area contributed by atoms with E-state index in [0.29, 0.717) is 18.1 Å². The molecule has 6 nitrogen and oxygen atoms in total. The van der Waals surface area contributed by atoms with Crippen molar-refractivity contribution in [2.45, 2.75) is 11.3 Å². The van der Waals surface area contributed by atoms with Gasteiger partial charge in [0.25, 0.3) is 0 Å². The molecular formula is C20H23ClN4O2S. The highest BCUT2D eigenvalue weighted by atomic mass is 35.5. The molecule has 2 aromatic heterocycles. The fraction of sp³-hybridized carbons (Fsp3) is 0.350. The van der Waals surface area contributed by atoms with Gasteiger partial charge in [0.15, 0.2) is 0 Å². The van der Waals surface area contributed by atoms with Gasteiger partial charge in [0.05, 0.1) is 4.90 Å². The van der Waals surface area contributed by atoms with Crippen molar-refractivity contribution >= 4 is 32.7 Å². The summed E-state index contributed by atoms with van der Waals surface area (Å²) in [6.45, 7) is 3.34. The van der Waals surface area contributed by atoms with Gasteiger partial charge in [-0.2, -0.15) is 4.31 Å². The number of nitrogens with zero attached hydrogens (tertiary/aromatic N) is 4. The molecule has 28 heavy (non-hydrogen) atoms. The Morgan fingerprint density at radius 3 is 2.64 bits per heavy atom. The summed E-state index contributed by atoms with van der Waals surface area (Å²) in [6.07, 6.45) is 4.87. The van der Waals surface area contributed by atoms with Crippen molar-refractivity contribution in [1.82, 2.24) is 18.8 Å². The zero-order valence-corrected chi connectivity index (χ0v) is 17.3. The van der Waals surface area contributed by atoms with Gasteiger partial charge in [0, 0.05) is 62.6 Å². The molecule has 0 aliphatic carbocycles. The summed E-state index contributed by atoms with van der Waals surface area (Å²) in [7, 11) is -1.48. The first kappa shape index (κ1) is 19.4. The molecule has 1 saturated heterocycles. The molecule has 0 radical (unpaired) electrons. The lowest BCUT2D eigenvalue weighted by Crippen LogP contribution is -2.48. The molecule has 1 aliphatic rings. The van der Waals surface area contributed by atoms with Crippen molar-refractivity contribution < 1.29 is 8.42 Å². The van der Waals surface area contributed by atoms with Gasteiger partial charge in [0.2, 0.25) is 10.0 Å². The Hall–Kier alpha value is -1.93. The number of pyridine rings is 1. The van der Waals surface area contributed by atoms with Crippen LogP contribution < -0.4 is 0 Å². The molecule has 0 bridgehead atoms. The fourth-order valence-corrected chi connectivity index (χ4v) is 5.46. The van der Waals surface area contributed by atoms with Crippen LogP contribution in [-0.4, -0.2) is 59.9 Å². The van der Waals surface area contributed by atoms with Crippen molar-refractivity contribution in [3.05, 3.63) is 59.4 Å². The molecule has 0 atom stereocenters. The lowest BCUT2D eigenvalue weighted by Gasteiger charge is -2.34. The van der Waals surface area contributed by atoms with Gasteiger partial charge in [-0.05, 0) is 42.3 Å². The maximum atomic E-state index is 12.8. The van der Waals surface area contributed by atoms with E-state index in [2.05, 4.69) is 26.7 Å². The van der Waals surface area contributed by atoms with Crippen LogP contribution in [0, 0.1) is 0 Å². The number of halogens is 1. The Morgan fingerprint density at radius 2 is 1.89 bits per heavy atom. The van der Waals surface area contributed by atoms with Crippen LogP contribution in [0.4, 0.5) is 0 Å². The second kappa shape index (κ2) is 7.83. The van der Waals surface area contributed by atoms with Crippen molar-refractivity contribution in [2.75, 3.05) is 32.7 Å². The Morgan fingerprint density at radius 1 is 1.11 bits per heavy atom. The smallest absolute Gasteiger partial charge is 0.243 e. The maximum absolute atomic E-state index is 12.8. The zero-order chi connectivity index (χ0) is 19.7. The van der Waals surface area contributed by atoms with Crippen LogP contribution in [0.1, 0.15) is 5.56 Å². The number of aryl methyl sites for hydroxylation is 1.